The predicted octanol–water partition coefficient (Wildman–Crippen LogP) is 3.26. The second-order valence-electron chi connectivity index (χ2n) is 5.82. The molecule has 0 aliphatic rings. The van der Waals surface area contributed by atoms with E-state index in [0.717, 1.165) is 37.1 Å². The molecule has 0 bridgehead atoms. The van der Waals surface area contributed by atoms with Crippen LogP contribution in [0.5, 0.6) is 0 Å². The summed E-state index contributed by atoms with van der Waals surface area (Å²) in [7, 11) is 2.15. The SMILES string of the molecule is CC(C)CCN(C)Cc1ccc(CNC(C)C)o1. The largest absolute Gasteiger partial charge is 0.463 e. The first-order valence-corrected chi connectivity index (χ1v) is 6.97. The summed E-state index contributed by atoms with van der Waals surface area (Å²) in [6, 6.07) is 4.65. The fraction of sp³-hybridized carbons (Fsp3) is 0.733. The maximum absolute atomic E-state index is 5.81. The Balaban J connectivity index is 2.34. The molecule has 0 radical (unpaired) electrons. The van der Waals surface area contributed by atoms with E-state index in [2.05, 4.69) is 57.1 Å². The lowest BCUT2D eigenvalue weighted by Crippen LogP contribution is -2.21. The van der Waals surface area contributed by atoms with Crippen molar-refractivity contribution in [2.75, 3.05) is 13.6 Å². The zero-order chi connectivity index (χ0) is 13.5. The number of hydrogen-bond acceptors (Lipinski definition) is 3. The standard InChI is InChI=1S/C15H28N2O/c1-12(2)8-9-17(5)11-15-7-6-14(18-15)10-16-13(3)4/h6-7,12-13,16H,8-11H2,1-5H3. The molecule has 0 atom stereocenters. The van der Waals surface area contributed by atoms with Gasteiger partial charge < -0.3 is 9.73 Å². The number of hydrogen-bond donors (Lipinski definition) is 1. The van der Waals surface area contributed by atoms with Gasteiger partial charge in [-0.3, -0.25) is 4.90 Å². The first kappa shape index (κ1) is 15.3. The van der Waals surface area contributed by atoms with E-state index >= 15 is 0 Å². The van der Waals surface area contributed by atoms with Crippen LogP contribution in [0.15, 0.2) is 16.5 Å². The first-order chi connectivity index (χ1) is 8.47. The summed E-state index contributed by atoms with van der Waals surface area (Å²) in [5.74, 6) is 2.84. The third kappa shape index (κ3) is 6.22. The topological polar surface area (TPSA) is 28.4 Å². The van der Waals surface area contributed by atoms with Gasteiger partial charge in [-0.2, -0.15) is 0 Å². The summed E-state index contributed by atoms with van der Waals surface area (Å²) in [4.78, 5) is 2.32. The monoisotopic (exact) mass is 252 g/mol. The molecule has 104 valence electrons. The fourth-order valence-electron chi connectivity index (χ4n) is 1.73. The zero-order valence-electron chi connectivity index (χ0n) is 12.5. The van der Waals surface area contributed by atoms with Crippen molar-refractivity contribution in [2.24, 2.45) is 5.92 Å². The van der Waals surface area contributed by atoms with Crippen molar-refractivity contribution in [3.8, 4) is 0 Å². The smallest absolute Gasteiger partial charge is 0.118 e. The van der Waals surface area contributed by atoms with E-state index in [4.69, 9.17) is 4.42 Å². The van der Waals surface area contributed by atoms with Crippen molar-refractivity contribution in [2.45, 2.75) is 53.2 Å². The van der Waals surface area contributed by atoms with E-state index in [1.807, 2.05) is 0 Å². The van der Waals surface area contributed by atoms with Gasteiger partial charge in [0.2, 0.25) is 0 Å². The van der Waals surface area contributed by atoms with Crippen LogP contribution in [0.2, 0.25) is 0 Å². The van der Waals surface area contributed by atoms with E-state index in [9.17, 15) is 0 Å². The highest BCUT2D eigenvalue weighted by molar-refractivity contribution is 5.07. The van der Waals surface area contributed by atoms with Gasteiger partial charge in [0.1, 0.15) is 11.5 Å². The summed E-state index contributed by atoms with van der Waals surface area (Å²) in [6.45, 7) is 11.6. The van der Waals surface area contributed by atoms with Crippen LogP contribution >= 0.6 is 0 Å². The zero-order valence-corrected chi connectivity index (χ0v) is 12.5. The summed E-state index contributed by atoms with van der Waals surface area (Å²) >= 11 is 0. The second-order valence-corrected chi connectivity index (χ2v) is 5.82. The summed E-state index contributed by atoms with van der Waals surface area (Å²) in [5.41, 5.74) is 0. The molecule has 0 saturated carbocycles. The number of furan rings is 1. The van der Waals surface area contributed by atoms with Gasteiger partial charge in [-0.25, -0.2) is 0 Å². The van der Waals surface area contributed by atoms with Gasteiger partial charge in [0.15, 0.2) is 0 Å². The van der Waals surface area contributed by atoms with Gasteiger partial charge >= 0.3 is 0 Å². The molecule has 0 spiro atoms. The van der Waals surface area contributed by atoms with E-state index in [1.54, 1.807) is 0 Å². The Hall–Kier alpha value is -0.800. The van der Waals surface area contributed by atoms with Gasteiger partial charge in [-0.05, 0) is 38.1 Å². The molecule has 0 fully saturated rings. The van der Waals surface area contributed by atoms with Crippen molar-refractivity contribution >= 4 is 0 Å². The van der Waals surface area contributed by atoms with Crippen molar-refractivity contribution in [1.29, 1.82) is 0 Å². The van der Waals surface area contributed by atoms with Crippen LogP contribution in [0.3, 0.4) is 0 Å². The molecule has 3 nitrogen and oxygen atoms in total. The van der Waals surface area contributed by atoms with Crippen molar-refractivity contribution in [1.82, 2.24) is 10.2 Å². The first-order valence-electron chi connectivity index (χ1n) is 6.97. The van der Waals surface area contributed by atoms with Crippen molar-refractivity contribution in [3.05, 3.63) is 23.7 Å². The van der Waals surface area contributed by atoms with Crippen molar-refractivity contribution in [3.63, 3.8) is 0 Å². The highest BCUT2D eigenvalue weighted by atomic mass is 16.3. The van der Waals surface area contributed by atoms with Crippen LogP contribution in [-0.2, 0) is 13.1 Å². The van der Waals surface area contributed by atoms with Gasteiger partial charge in [-0.1, -0.05) is 27.7 Å². The molecule has 1 rings (SSSR count). The Morgan fingerprint density at radius 2 is 1.83 bits per heavy atom. The van der Waals surface area contributed by atoms with Gasteiger partial charge in [0.05, 0.1) is 13.1 Å². The summed E-state index contributed by atoms with van der Waals surface area (Å²) < 4.78 is 5.81. The van der Waals surface area contributed by atoms with Crippen LogP contribution in [0, 0.1) is 5.92 Å². The predicted molar refractivity (Wildman–Crippen MR) is 76.5 cm³/mol. The molecule has 0 aliphatic heterocycles. The Bertz CT molecular complexity index is 331. The average molecular weight is 252 g/mol. The molecule has 0 aliphatic carbocycles. The molecule has 0 amide bonds. The molecule has 1 aromatic heterocycles. The van der Waals surface area contributed by atoms with E-state index < -0.39 is 0 Å². The van der Waals surface area contributed by atoms with Crippen LogP contribution in [0.25, 0.3) is 0 Å². The van der Waals surface area contributed by atoms with Crippen molar-refractivity contribution < 1.29 is 4.42 Å². The highest BCUT2D eigenvalue weighted by Gasteiger charge is 2.06. The lowest BCUT2D eigenvalue weighted by molar-refractivity contribution is 0.273. The summed E-state index contributed by atoms with van der Waals surface area (Å²) in [5, 5.41) is 3.36. The molecular weight excluding hydrogens is 224 g/mol. The number of nitrogens with one attached hydrogen (secondary N) is 1. The third-order valence-electron chi connectivity index (χ3n) is 2.92. The van der Waals surface area contributed by atoms with Gasteiger partial charge in [0, 0.05) is 6.04 Å². The highest BCUT2D eigenvalue weighted by Crippen LogP contribution is 2.11. The molecule has 0 aromatic carbocycles. The molecule has 1 heterocycles. The minimum Gasteiger partial charge on any atom is -0.463 e. The van der Waals surface area contributed by atoms with Gasteiger partial charge in [0.25, 0.3) is 0 Å². The third-order valence-corrected chi connectivity index (χ3v) is 2.92. The van der Waals surface area contributed by atoms with Gasteiger partial charge in [-0.15, -0.1) is 0 Å². The lowest BCUT2D eigenvalue weighted by atomic mass is 10.1. The molecule has 18 heavy (non-hydrogen) atoms. The summed E-state index contributed by atoms with van der Waals surface area (Å²) in [6.07, 6.45) is 1.24. The molecular formula is C15H28N2O. The Morgan fingerprint density at radius 1 is 1.17 bits per heavy atom. The minimum absolute atomic E-state index is 0.493. The fourth-order valence-corrected chi connectivity index (χ4v) is 1.73. The van der Waals surface area contributed by atoms with E-state index in [-0.39, 0.29) is 0 Å². The molecule has 0 saturated heterocycles. The average Bonchev–Trinajstić information content (AvgIpc) is 2.71. The molecule has 1 aromatic rings. The van der Waals surface area contributed by atoms with Crippen LogP contribution in [0.1, 0.15) is 45.6 Å². The number of rotatable bonds is 8. The molecule has 0 unspecified atom stereocenters. The van der Waals surface area contributed by atoms with Crippen LogP contribution in [-0.4, -0.2) is 24.5 Å². The minimum atomic E-state index is 0.493. The van der Waals surface area contributed by atoms with E-state index in [0.29, 0.717) is 6.04 Å². The maximum atomic E-state index is 5.81. The Morgan fingerprint density at radius 3 is 2.44 bits per heavy atom. The maximum Gasteiger partial charge on any atom is 0.118 e. The van der Waals surface area contributed by atoms with E-state index in [1.165, 1.54) is 6.42 Å². The van der Waals surface area contributed by atoms with Crippen LogP contribution < -0.4 is 5.32 Å². The Kier molecular flexibility index (Phi) is 6.44. The van der Waals surface area contributed by atoms with Crippen LogP contribution in [0.4, 0.5) is 0 Å². The molecule has 3 heteroatoms. The molecule has 1 N–H and O–H groups in total. The second kappa shape index (κ2) is 7.59. The number of nitrogens with zero attached hydrogens (tertiary/aromatic N) is 1. The lowest BCUT2D eigenvalue weighted by Gasteiger charge is -2.16. The Labute approximate surface area is 112 Å². The normalized spacial score (nSPS) is 12.0. The quantitative estimate of drug-likeness (QED) is 0.770.